The van der Waals surface area contributed by atoms with Gasteiger partial charge in [0.25, 0.3) is 0 Å². The van der Waals surface area contributed by atoms with E-state index in [-0.39, 0.29) is 11.5 Å². The summed E-state index contributed by atoms with van der Waals surface area (Å²) in [6.07, 6.45) is 0. The fourth-order valence-electron chi connectivity index (χ4n) is 1.73. The summed E-state index contributed by atoms with van der Waals surface area (Å²) in [6.45, 7) is 0. The van der Waals surface area contributed by atoms with Gasteiger partial charge in [0.1, 0.15) is 5.75 Å². The molecule has 100 valence electrons. The quantitative estimate of drug-likeness (QED) is 0.933. The van der Waals surface area contributed by atoms with Gasteiger partial charge in [-0.3, -0.25) is 4.31 Å². The smallest absolute Gasteiger partial charge is 0.239 e. The van der Waals surface area contributed by atoms with Crippen molar-refractivity contribution in [3.63, 3.8) is 0 Å². The maximum atomic E-state index is 12.3. The summed E-state index contributed by atoms with van der Waals surface area (Å²) in [7, 11) is -1.98. The molecular formula is C14H15NO3S. The van der Waals surface area contributed by atoms with Crippen molar-refractivity contribution in [1.82, 2.24) is 0 Å². The zero-order valence-electron chi connectivity index (χ0n) is 10.5. The van der Waals surface area contributed by atoms with Crippen LogP contribution in [-0.4, -0.2) is 20.6 Å². The van der Waals surface area contributed by atoms with Crippen molar-refractivity contribution in [1.29, 1.82) is 0 Å². The number of sulfonamides is 1. The molecule has 0 heterocycles. The molecule has 2 rings (SSSR count). The Bertz CT molecular complexity index is 653. The minimum Gasteiger partial charge on any atom is -0.508 e. The number of phenols is 1. The largest absolute Gasteiger partial charge is 0.508 e. The number of rotatable bonds is 4. The summed E-state index contributed by atoms with van der Waals surface area (Å²) in [4.78, 5) is 0. The highest BCUT2D eigenvalue weighted by atomic mass is 32.2. The molecule has 0 aliphatic carbocycles. The van der Waals surface area contributed by atoms with Crippen LogP contribution < -0.4 is 4.31 Å². The number of anilines is 1. The van der Waals surface area contributed by atoms with Crippen molar-refractivity contribution in [2.75, 3.05) is 11.4 Å². The molecule has 2 aromatic carbocycles. The van der Waals surface area contributed by atoms with E-state index < -0.39 is 10.0 Å². The lowest BCUT2D eigenvalue weighted by Crippen LogP contribution is -2.27. The third-order valence-corrected chi connectivity index (χ3v) is 4.55. The van der Waals surface area contributed by atoms with Gasteiger partial charge in [-0.25, -0.2) is 8.42 Å². The fourth-order valence-corrected chi connectivity index (χ4v) is 2.97. The van der Waals surface area contributed by atoms with Crippen LogP contribution in [0.25, 0.3) is 0 Å². The summed E-state index contributed by atoms with van der Waals surface area (Å²) < 4.78 is 25.7. The van der Waals surface area contributed by atoms with Crippen molar-refractivity contribution >= 4 is 15.7 Å². The molecule has 0 bridgehead atoms. The van der Waals surface area contributed by atoms with Crippen LogP contribution in [0, 0.1) is 0 Å². The van der Waals surface area contributed by atoms with Crippen molar-refractivity contribution in [3.8, 4) is 5.75 Å². The van der Waals surface area contributed by atoms with E-state index in [1.165, 1.54) is 23.5 Å². The molecule has 0 aliphatic rings. The van der Waals surface area contributed by atoms with E-state index in [1.54, 1.807) is 36.4 Å². The van der Waals surface area contributed by atoms with E-state index in [0.717, 1.165) is 5.56 Å². The SMILES string of the molecule is CN(c1cccc(O)c1)S(=O)(=O)Cc1ccccc1. The number of aromatic hydroxyl groups is 1. The maximum Gasteiger partial charge on any atom is 0.239 e. The van der Waals surface area contributed by atoms with Crippen molar-refractivity contribution < 1.29 is 13.5 Å². The summed E-state index contributed by atoms with van der Waals surface area (Å²) in [5, 5.41) is 9.40. The third-order valence-electron chi connectivity index (χ3n) is 2.80. The molecule has 0 aromatic heterocycles. The molecule has 0 saturated heterocycles. The molecule has 0 amide bonds. The molecule has 0 unspecified atom stereocenters. The summed E-state index contributed by atoms with van der Waals surface area (Å²) in [5.41, 5.74) is 1.17. The Morgan fingerprint density at radius 3 is 2.37 bits per heavy atom. The predicted molar refractivity (Wildman–Crippen MR) is 75.6 cm³/mol. The first-order chi connectivity index (χ1) is 8.99. The van der Waals surface area contributed by atoms with Gasteiger partial charge < -0.3 is 5.11 Å². The van der Waals surface area contributed by atoms with Gasteiger partial charge in [-0.15, -0.1) is 0 Å². The summed E-state index contributed by atoms with van der Waals surface area (Å²) in [6, 6.07) is 15.2. The van der Waals surface area contributed by atoms with Crippen LogP contribution in [0.15, 0.2) is 54.6 Å². The monoisotopic (exact) mass is 277 g/mol. The van der Waals surface area contributed by atoms with E-state index in [2.05, 4.69) is 0 Å². The van der Waals surface area contributed by atoms with Gasteiger partial charge in [-0.1, -0.05) is 36.4 Å². The van der Waals surface area contributed by atoms with E-state index in [0.29, 0.717) is 5.69 Å². The normalized spacial score (nSPS) is 11.2. The van der Waals surface area contributed by atoms with Gasteiger partial charge in [-0.05, 0) is 17.7 Å². The first-order valence-corrected chi connectivity index (χ1v) is 7.39. The minimum atomic E-state index is -3.46. The van der Waals surface area contributed by atoms with Crippen LogP contribution in [0.5, 0.6) is 5.75 Å². The van der Waals surface area contributed by atoms with Gasteiger partial charge in [0.05, 0.1) is 11.4 Å². The Balaban J connectivity index is 2.25. The van der Waals surface area contributed by atoms with E-state index in [9.17, 15) is 13.5 Å². The average Bonchev–Trinajstić information content (AvgIpc) is 2.38. The van der Waals surface area contributed by atoms with Gasteiger partial charge in [0.2, 0.25) is 10.0 Å². The molecule has 19 heavy (non-hydrogen) atoms. The van der Waals surface area contributed by atoms with Gasteiger partial charge >= 0.3 is 0 Å². The topological polar surface area (TPSA) is 57.6 Å². The third kappa shape index (κ3) is 3.26. The lowest BCUT2D eigenvalue weighted by Gasteiger charge is -2.19. The Labute approximate surface area is 113 Å². The molecule has 2 aromatic rings. The Kier molecular flexibility index (Phi) is 3.76. The fraction of sp³-hybridized carbons (Fsp3) is 0.143. The first-order valence-electron chi connectivity index (χ1n) is 5.78. The zero-order valence-corrected chi connectivity index (χ0v) is 11.3. The Morgan fingerprint density at radius 2 is 1.74 bits per heavy atom. The Hall–Kier alpha value is -2.01. The molecule has 0 radical (unpaired) electrons. The molecule has 0 atom stereocenters. The van der Waals surface area contributed by atoms with Crippen LogP contribution in [0.2, 0.25) is 0 Å². The first kappa shape index (κ1) is 13.4. The highest BCUT2D eigenvalue weighted by Gasteiger charge is 2.19. The van der Waals surface area contributed by atoms with Gasteiger partial charge in [0, 0.05) is 13.1 Å². The molecule has 0 fully saturated rings. The van der Waals surface area contributed by atoms with Crippen LogP contribution in [0.1, 0.15) is 5.56 Å². The zero-order chi connectivity index (χ0) is 13.9. The standard InChI is InChI=1S/C14H15NO3S/c1-15(13-8-5-9-14(16)10-13)19(17,18)11-12-6-3-2-4-7-12/h2-10,16H,11H2,1H3. The van der Waals surface area contributed by atoms with E-state index in [1.807, 2.05) is 6.07 Å². The number of hydrogen-bond donors (Lipinski definition) is 1. The molecule has 4 nitrogen and oxygen atoms in total. The Morgan fingerprint density at radius 1 is 1.05 bits per heavy atom. The van der Waals surface area contributed by atoms with E-state index in [4.69, 9.17) is 0 Å². The van der Waals surface area contributed by atoms with Crippen LogP contribution in [0.3, 0.4) is 0 Å². The van der Waals surface area contributed by atoms with Crippen LogP contribution in [-0.2, 0) is 15.8 Å². The molecule has 0 spiro atoms. The molecule has 5 heteroatoms. The predicted octanol–water partition coefficient (Wildman–Crippen LogP) is 2.36. The molecular weight excluding hydrogens is 262 g/mol. The second-order valence-electron chi connectivity index (χ2n) is 4.23. The second-order valence-corrected chi connectivity index (χ2v) is 6.23. The van der Waals surface area contributed by atoms with Gasteiger partial charge in [0.15, 0.2) is 0 Å². The lowest BCUT2D eigenvalue weighted by atomic mass is 10.2. The van der Waals surface area contributed by atoms with Crippen molar-refractivity contribution in [2.24, 2.45) is 0 Å². The van der Waals surface area contributed by atoms with E-state index >= 15 is 0 Å². The lowest BCUT2D eigenvalue weighted by molar-refractivity contribution is 0.475. The summed E-state index contributed by atoms with van der Waals surface area (Å²) >= 11 is 0. The molecule has 1 N–H and O–H groups in total. The highest BCUT2D eigenvalue weighted by molar-refractivity contribution is 7.92. The molecule has 0 aliphatic heterocycles. The number of nitrogens with zero attached hydrogens (tertiary/aromatic N) is 1. The summed E-state index contributed by atoms with van der Waals surface area (Å²) in [5.74, 6) is -0.0285. The highest BCUT2D eigenvalue weighted by Crippen LogP contribution is 2.22. The minimum absolute atomic E-state index is 0.0410. The van der Waals surface area contributed by atoms with Crippen LogP contribution >= 0.6 is 0 Å². The second kappa shape index (κ2) is 5.32. The van der Waals surface area contributed by atoms with Gasteiger partial charge in [-0.2, -0.15) is 0 Å². The number of phenolic OH excluding ortho intramolecular Hbond substituents is 1. The number of benzene rings is 2. The van der Waals surface area contributed by atoms with Crippen molar-refractivity contribution in [3.05, 3.63) is 60.2 Å². The van der Waals surface area contributed by atoms with Crippen molar-refractivity contribution in [2.45, 2.75) is 5.75 Å². The molecule has 0 saturated carbocycles. The van der Waals surface area contributed by atoms with Crippen LogP contribution in [0.4, 0.5) is 5.69 Å². The maximum absolute atomic E-state index is 12.3. The average molecular weight is 277 g/mol. The number of hydrogen-bond acceptors (Lipinski definition) is 3.